The molecule has 1 heterocycles. The van der Waals surface area contributed by atoms with Gasteiger partial charge in [0.1, 0.15) is 0 Å². The number of halogens is 3. The molecule has 1 aromatic rings. The van der Waals surface area contributed by atoms with Gasteiger partial charge < -0.3 is 19.3 Å². The summed E-state index contributed by atoms with van der Waals surface area (Å²) in [6, 6.07) is 1.11. The van der Waals surface area contributed by atoms with Crippen LogP contribution in [-0.2, 0) is 16.0 Å². The Morgan fingerprint density at radius 1 is 1.42 bits per heavy atom. The Hall–Kier alpha value is -2.19. The van der Waals surface area contributed by atoms with Gasteiger partial charge in [-0.05, 0) is 0 Å². The van der Waals surface area contributed by atoms with Crippen molar-refractivity contribution in [2.45, 2.75) is 12.8 Å². The first-order chi connectivity index (χ1) is 8.76. The first kappa shape index (κ1) is 14.9. The van der Waals surface area contributed by atoms with Crippen molar-refractivity contribution >= 4 is 5.97 Å². The van der Waals surface area contributed by atoms with E-state index < -0.39 is 24.0 Å². The second-order valence-corrected chi connectivity index (χ2v) is 3.27. The van der Waals surface area contributed by atoms with Gasteiger partial charge in [0.2, 0.25) is 5.75 Å². The highest BCUT2D eigenvalue weighted by molar-refractivity contribution is 5.72. The largest absolute Gasteiger partial charge is 0.574 e. The molecule has 1 rings (SSSR count). The number of alkyl halides is 3. The van der Waals surface area contributed by atoms with Gasteiger partial charge in [-0.2, -0.15) is 0 Å². The SMILES string of the molecule is COC(=O)Cc1cc(OC)c(O)c(OC(F)(F)F)n1. The molecule has 0 unspecified atom stereocenters. The molecule has 106 valence electrons. The van der Waals surface area contributed by atoms with Gasteiger partial charge in [0, 0.05) is 6.07 Å². The molecule has 0 amide bonds. The lowest BCUT2D eigenvalue weighted by Gasteiger charge is -2.13. The zero-order valence-corrected chi connectivity index (χ0v) is 9.95. The maximum absolute atomic E-state index is 12.1. The Kier molecular flexibility index (Phi) is 4.41. The smallest absolute Gasteiger partial charge is 0.501 e. The zero-order valence-electron chi connectivity index (χ0n) is 9.95. The molecule has 0 saturated heterocycles. The number of hydrogen-bond donors (Lipinski definition) is 1. The van der Waals surface area contributed by atoms with Crippen molar-refractivity contribution in [2.24, 2.45) is 0 Å². The van der Waals surface area contributed by atoms with Crippen molar-refractivity contribution in [3.8, 4) is 17.4 Å². The lowest BCUT2D eigenvalue weighted by Crippen LogP contribution is -2.19. The standard InChI is InChI=1S/C10H10F3NO5/c1-17-6-3-5(4-7(15)18-2)14-9(8(6)16)19-10(11,12)13/h3,16H,4H2,1-2H3. The number of hydrogen-bond acceptors (Lipinski definition) is 6. The Labute approximate surface area is 105 Å². The van der Waals surface area contributed by atoms with Gasteiger partial charge in [-0.3, -0.25) is 4.79 Å². The van der Waals surface area contributed by atoms with Crippen LogP contribution >= 0.6 is 0 Å². The average molecular weight is 281 g/mol. The van der Waals surface area contributed by atoms with Crippen LogP contribution in [-0.4, -0.2) is 36.6 Å². The summed E-state index contributed by atoms with van der Waals surface area (Å²) in [5, 5.41) is 9.44. The molecule has 9 heteroatoms. The van der Waals surface area contributed by atoms with Crippen LogP contribution in [0.15, 0.2) is 6.07 Å². The van der Waals surface area contributed by atoms with E-state index in [9.17, 15) is 23.1 Å². The number of carbonyl (C=O) groups is 1. The summed E-state index contributed by atoms with van der Waals surface area (Å²) in [4.78, 5) is 14.4. The second kappa shape index (κ2) is 5.63. The van der Waals surface area contributed by atoms with E-state index in [1.54, 1.807) is 0 Å². The van der Waals surface area contributed by atoms with Crippen LogP contribution in [0.2, 0.25) is 0 Å². The van der Waals surface area contributed by atoms with Crippen LogP contribution in [0.5, 0.6) is 17.4 Å². The van der Waals surface area contributed by atoms with E-state index >= 15 is 0 Å². The number of aromatic hydroxyl groups is 1. The first-order valence-corrected chi connectivity index (χ1v) is 4.86. The monoisotopic (exact) mass is 281 g/mol. The van der Waals surface area contributed by atoms with Crippen LogP contribution in [0, 0.1) is 0 Å². The number of methoxy groups -OCH3 is 2. The third-order valence-corrected chi connectivity index (χ3v) is 1.96. The van der Waals surface area contributed by atoms with Crippen molar-refractivity contribution in [2.75, 3.05) is 14.2 Å². The molecule has 0 atom stereocenters. The van der Waals surface area contributed by atoms with Crippen molar-refractivity contribution in [3.63, 3.8) is 0 Å². The average Bonchev–Trinajstić information content (AvgIpc) is 2.31. The Morgan fingerprint density at radius 3 is 2.53 bits per heavy atom. The lowest BCUT2D eigenvalue weighted by molar-refractivity contribution is -0.276. The summed E-state index contributed by atoms with van der Waals surface area (Å²) < 4.78 is 48.9. The highest BCUT2D eigenvalue weighted by Crippen LogP contribution is 2.37. The minimum atomic E-state index is -5.03. The molecule has 0 aromatic carbocycles. The second-order valence-electron chi connectivity index (χ2n) is 3.27. The van der Waals surface area contributed by atoms with E-state index in [0.717, 1.165) is 20.3 Å². The fourth-order valence-corrected chi connectivity index (χ4v) is 1.19. The molecule has 0 spiro atoms. The first-order valence-electron chi connectivity index (χ1n) is 4.86. The number of ether oxygens (including phenoxy) is 3. The third kappa shape index (κ3) is 4.19. The van der Waals surface area contributed by atoms with Crippen LogP contribution in [0.4, 0.5) is 13.2 Å². The number of esters is 1. The van der Waals surface area contributed by atoms with Crippen LogP contribution in [0.3, 0.4) is 0 Å². The van der Waals surface area contributed by atoms with Crippen LogP contribution < -0.4 is 9.47 Å². The van der Waals surface area contributed by atoms with E-state index in [0.29, 0.717) is 0 Å². The Bertz CT molecular complexity index is 475. The lowest BCUT2D eigenvalue weighted by atomic mass is 10.2. The molecule has 0 bridgehead atoms. The van der Waals surface area contributed by atoms with Crippen molar-refractivity contribution < 1.29 is 37.3 Å². The summed E-state index contributed by atoms with van der Waals surface area (Å²) in [5.41, 5.74) is -0.0965. The van der Waals surface area contributed by atoms with Gasteiger partial charge >= 0.3 is 12.3 Å². The topological polar surface area (TPSA) is 77.9 Å². The molecular weight excluding hydrogens is 271 g/mol. The molecule has 0 aliphatic rings. The minimum Gasteiger partial charge on any atom is -0.501 e. The zero-order chi connectivity index (χ0) is 14.6. The van der Waals surface area contributed by atoms with E-state index in [1.165, 1.54) is 0 Å². The van der Waals surface area contributed by atoms with E-state index in [2.05, 4.69) is 19.2 Å². The molecule has 1 aromatic heterocycles. The summed E-state index contributed by atoms with van der Waals surface area (Å²) in [6.07, 6.45) is -5.42. The van der Waals surface area contributed by atoms with Gasteiger partial charge in [-0.1, -0.05) is 0 Å². The highest BCUT2D eigenvalue weighted by Gasteiger charge is 2.34. The number of nitrogens with zero attached hydrogens (tertiary/aromatic N) is 1. The van der Waals surface area contributed by atoms with Crippen molar-refractivity contribution in [3.05, 3.63) is 11.8 Å². The highest BCUT2D eigenvalue weighted by atomic mass is 19.4. The maximum atomic E-state index is 12.1. The summed E-state index contributed by atoms with van der Waals surface area (Å²) in [6.45, 7) is 0. The molecule has 0 aliphatic carbocycles. The molecule has 1 N–H and O–H groups in total. The van der Waals surface area contributed by atoms with Crippen LogP contribution in [0.1, 0.15) is 5.69 Å². The van der Waals surface area contributed by atoms with E-state index in [-0.39, 0.29) is 17.9 Å². The van der Waals surface area contributed by atoms with Crippen LogP contribution in [0.25, 0.3) is 0 Å². The van der Waals surface area contributed by atoms with Gasteiger partial charge in [-0.15, -0.1) is 13.2 Å². The predicted octanol–water partition coefficient (Wildman–Crippen LogP) is 1.41. The van der Waals surface area contributed by atoms with Gasteiger partial charge in [-0.25, -0.2) is 4.98 Å². The van der Waals surface area contributed by atoms with Gasteiger partial charge in [0.05, 0.1) is 26.3 Å². The Morgan fingerprint density at radius 2 is 2.05 bits per heavy atom. The molecule has 19 heavy (non-hydrogen) atoms. The third-order valence-electron chi connectivity index (χ3n) is 1.96. The minimum absolute atomic E-state index is 0.0965. The predicted molar refractivity (Wildman–Crippen MR) is 54.9 cm³/mol. The molecule has 0 saturated carbocycles. The fraction of sp³-hybridized carbons (Fsp3) is 0.400. The molecule has 6 nitrogen and oxygen atoms in total. The summed E-state index contributed by atoms with van der Waals surface area (Å²) in [5.74, 6) is -3.01. The molecular formula is C10H10F3NO5. The summed E-state index contributed by atoms with van der Waals surface area (Å²) in [7, 11) is 2.25. The number of aromatic nitrogens is 1. The number of rotatable bonds is 4. The summed E-state index contributed by atoms with van der Waals surface area (Å²) >= 11 is 0. The fourth-order valence-electron chi connectivity index (χ4n) is 1.19. The Balaban J connectivity index is 3.14. The van der Waals surface area contributed by atoms with E-state index in [4.69, 9.17) is 0 Å². The van der Waals surface area contributed by atoms with Gasteiger partial charge in [0.25, 0.3) is 5.88 Å². The number of pyridine rings is 1. The van der Waals surface area contributed by atoms with Crippen molar-refractivity contribution in [1.82, 2.24) is 4.98 Å². The molecule has 0 aliphatic heterocycles. The van der Waals surface area contributed by atoms with Crippen molar-refractivity contribution in [1.29, 1.82) is 0 Å². The normalized spacial score (nSPS) is 11.0. The van der Waals surface area contributed by atoms with E-state index in [1.807, 2.05) is 0 Å². The quantitative estimate of drug-likeness (QED) is 0.841. The molecule has 0 fully saturated rings. The van der Waals surface area contributed by atoms with Gasteiger partial charge in [0.15, 0.2) is 5.75 Å². The molecule has 0 radical (unpaired) electrons. The number of carbonyl (C=O) groups excluding carboxylic acids is 1. The maximum Gasteiger partial charge on any atom is 0.574 e.